The number of aromatic nitrogens is 2. The minimum absolute atomic E-state index is 0.514. The first-order valence-electron chi connectivity index (χ1n) is 8.82. The Morgan fingerprint density at radius 1 is 1.08 bits per heavy atom. The maximum absolute atomic E-state index is 9.80. The summed E-state index contributed by atoms with van der Waals surface area (Å²) in [4.78, 5) is 4.73. The molecule has 26 heavy (non-hydrogen) atoms. The van der Waals surface area contributed by atoms with E-state index in [0.29, 0.717) is 12.4 Å². The third-order valence-corrected chi connectivity index (χ3v) is 4.83. The van der Waals surface area contributed by atoms with Crippen LogP contribution in [0.5, 0.6) is 0 Å². The molecule has 4 nitrogen and oxygen atoms in total. The van der Waals surface area contributed by atoms with Gasteiger partial charge in [0, 0.05) is 16.8 Å². The topological polar surface area (TPSA) is 51.2 Å². The van der Waals surface area contributed by atoms with Crippen LogP contribution < -0.4 is 0 Å². The Bertz CT molecular complexity index is 1070. The first-order chi connectivity index (χ1) is 12.5. The van der Waals surface area contributed by atoms with Gasteiger partial charge in [0.25, 0.3) is 0 Å². The average Bonchev–Trinajstić information content (AvgIpc) is 3.16. The number of hydrogen-bond donors (Lipinski definition) is 1. The number of nitrogens with zero attached hydrogens (tertiary/aromatic N) is 2. The quantitative estimate of drug-likeness (QED) is 0.565. The molecule has 4 rings (SSSR count). The number of rotatable bonds is 4. The molecule has 0 saturated carbocycles. The van der Waals surface area contributed by atoms with Crippen molar-refractivity contribution in [2.45, 2.75) is 33.4 Å². The summed E-state index contributed by atoms with van der Waals surface area (Å²) >= 11 is 0. The number of benzene rings is 2. The maximum atomic E-state index is 9.80. The number of hydrogen-bond acceptors (Lipinski definition) is 3. The van der Waals surface area contributed by atoms with Crippen LogP contribution in [-0.2, 0) is 6.54 Å². The van der Waals surface area contributed by atoms with E-state index in [1.165, 1.54) is 16.6 Å². The van der Waals surface area contributed by atoms with E-state index in [0.717, 1.165) is 22.6 Å². The third kappa shape index (κ3) is 2.93. The van der Waals surface area contributed by atoms with E-state index in [9.17, 15) is 5.11 Å². The lowest BCUT2D eigenvalue weighted by molar-refractivity contribution is 0.199. The van der Waals surface area contributed by atoms with Gasteiger partial charge >= 0.3 is 0 Å². The second kappa shape index (κ2) is 6.46. The van der Waals surface area contributed by atoms with E-state index in [1.54, 1.807) is 6.92 Å². The maximum Gasteiger partial charge on any atom is 0.226 e. The number of fused-ring (bicyclic) bond motifs is 1. The average molecular weight is 346 g/mol. The van der Waals surface area contributed by atoms with E-state index >= 15 is 0 Å². The smallest absolute Gasteiger partial charge is 0.226 e. The molecule has 0 spiro atoms. The summed E-state index contributed by atoms with van der Waals surface area (Å²) in [5.74, 6) is 1.41. The summed E-state index contributed by atoms with van der Waals surface area (Å²) in [6.45, 7) is 6.49. The SMILES string of the molecule is Cc1oc(-c2cccc(C(C)O)c2)nc1Cn1c(C)cc2ccccc21. The predicted octanol–water partition coefficient (Wildman–Crippen LogP) is 5.01. The van der Waals surface area contributed by atoms with Crippen molar-refractivity contribution in [3.63, 3.8) is 0 Å². The minimum atomic E-state index is -0.514. The largest absolute Gasteiger partial charge is 0.441 e. The standard InChI is InChI=1S/C22H22N2O2/c1-14-11-18-7-4-5-10-21(18)24(14)13-20-16(3)26-22(23-20)19-9-6-8-17(12-19)15(2)25/h4-12,15,25H,13H2,1-3H3. The Kier molecular flexibility index (Phi) is 4.13. The first-order valence-corrected chi connectivity index (χ1v) is 8.82. The zero-order valence-corrected chi connectivity index (χ0v) is 15.2. The molecule has 0 bridgehead atoms. The van der Waals surface area contributed by atoms with Crippen molar-refractivity contribution in [1.29, 1.82) is 0 Å². The van der Waals surface area contributed by atoms with Crippen LogP contribution in [0.1, 0.15) is 35.7 Å². The Labute approximate surface area is 152 Å². The van der Waals surface area contributed by atoms with Gasteiger partial charge in [0.05, 0.1) is 12.6 Å². The second-order valence-electron chi connectivity index (χ2n) is 6.75. The molecule has 2 heterocycles. The molecule has 0 aliphatic heterocycles. The number of para-hydroxylation sites is 1. The van der Waals surface area contributed by atoms with Crippen LogP contribution in [-0.4, -0.2) is 14.7 Å². The van der Waals surface area contributed by atoms with Gasteiger partial charge in [-0.2, -0.15) is 0 Å². The Morgan fingerprint density at radius 2 is 1.88 bits per heavy atom. The van der Waals surface area contributed by atoms with E-state index < -0.39 is 6.10 Å². The molecule has 0 saturated heterocycles. The van der Waals surface area contributed by atoms with Gasteiger partial charge in [-0.3, -0.25) is 0 Å². The molecule has 0 amide bonds. The molecule has 1 unspecified atom stereocenters. The number of aliphatic hydroxyl groups excluding tert-OH is 1. The van der Waals surface area contributed by atoms with Gasteiger partial charge < -0.3 is 14.1 Å². The van der Waals surface area contributed by atoms with Crippen LogP contribution in [0, 0.1) is 13.8 Å². The number of aliphatic hydroxyl groups is 1. The van der Waals surface area contributed by atoms with Gasteiger partial charge in [-0.15, -0.1) is 0 Å². The van der Waals surface area contributed by atoms with Crippen molar-refractivity contribution in [1.82, 2.24) is 9.55 Å². The van der Waals surface area contributed by atoms with Gasteiger partial charge in [0.1, 0.15) is 11.5 Å². The van der Waals surface area contributed by atoms with Gasteiger partial charge in [-0.1, -0.05) is 30.3 Å². The van der Waals surface area contributed by atoms with Crippen molar-refractivity contribution in [2.75, 3.05) is 0 Å². The highest BCUT2D eigenvalue weighted by Crippen LogP contribution is 2.27. The number of aryl methyl sites for hydroxylation is 2. The van der Waals surface area contributed by atoms with Crippen LogP contribution in [0.4, 0.5) is 0 Å². The molecule has 0 aliphatic rings. The second-order valence-corrected chi connectivity index (χ2v) is 6.75. The van der Waals surface area contributed by atoms with Crippen LogP contribution in [0.3, 0.4) is 0 Å². The molecule has 1 N–H and O–H groups in total. The lowest BCUT2D eigenvalue weighted by atomic mass is 10.1. The van der Waals surface area contributed by atoms with E-state index in [2.05, 4.69) is 41.8 Å². The summed E-state index contributed by atoms with van der Waals surface area (Å²) < 4.78 is 8.19. The highest BCUT2D eigenvalue weighted by Gasteiger charge is 2.15. The molecule has 132 valence electrons. The molecule has 0 radical (unpaired) electrons. The third-order valence-electron chi connectivity index (χ3n) is 4.83. The molecular weight excluding hydrogens is 324 g/mol. The van der Waals surface area contributed by atoms with E-state index in [1.807, 2.05) is 31.2 Å². The fourth-order valence-electron chi connectivity index (χ4n) is 3.34. The summed E-state index contributed by atoms with van der Waals surface area (Å²) in [6.07, 6.45) is -0.514. The lowest BCUT2D eigenvalue weighted by Gasteiger charge is -2.06. The molecule has 1 atom stereocenters. The van der Waals surface area contributed by atoms with Crippen LogP contribution in [0.15, 0.2) is 59.0 Å². The van der Waals surface area contributed by atoms with Crippen molar-refractivity contribution >= 4 is 10.9 Å². The fraction of sp³-hybridized carbons (Fsp3) is 0.227. The van der Waals surface area contributed by atoms with Crippen LogP contribution in [0.25, 0.3) is 22.4 Å². The first kappa shape index (κ1) is 16.6. The Hall–Kier alpha value is -2.85. The minimum Gasteiger partial charge on any atom is -0.441 e. The van der Waals surface area contributed by atoms with Gasteiger partial charge in [-0.05, 0) is 56.0 Å². The summed E-state index contributed by atoms with van der Waals surface area (Å²) in [7, 11) is 0. The zero-order valence-electron chi connectivity index (χ0n) is 15.2. The van der Waals surface area contributed by atoms with Gasteiger partial charge in [0.2, 0.25) is 5.89 Å². The normalized spacial score (nSPS) is 12.6. The molecule has 4 aromatic rings. The molecular formula is C22H22N2O2. The van der Waals surface area contributed by atoms with E-state index in [-0.39, 0.29) is 0 Å². The van der Waals surface area contributed by atoms with E-state index in [4.69, 9.17) is 9.40 Å². The molecule has 4 heteroatoms. The number of oxazole rings is 1. The van der Waals surface area contributed by atoms with Crippen molar-refractivity contribution in [3.8, 4) is 11.5 Å². The summed E-state index contributed by atoms with van der Waals surface area (Å²) in [6, 6.07) is 18.3. The zero-order chi connectivity index (χ0) is 18.3. The predicted molar refractivity (Wildman–Crippen MR) is 103 cm³/mol. The van der Waals surface area contributed by atoms with Crippen LogP contribution >= 0.6 is 0 Å². The van der Waals surface area contributed by atoms with Crippen molar-refractivity contribution in [3.05, 3.63) is 77.3 Å². The van der Waals surface area contributed by atoms with Crippen molar-refractivity contribution < 1.29 is 9.52 Å². The molecule has 0 aliphatic carbocycles. The molecule has 0 fully saturated rings. The Morgan fingerprint density at radius 3 is 2.69 bits per heavy atom. The highest BCUT2D eigenvalue weighted by atomic mass is 16.4. The molecule has 2 aromatic carbocycles. The van der Waals surface area contributed by atoms with Gasteiger partial charge in [-0.25, -0.2) is 4.98 Å². The molecule has 2 aromatic heterocycles. The van der Waals surface area contributed by atoms with Gasteiger partial charge in [0.15, 0.2) is 0 Å². The lowest BCUT2D eigenvalue weighted by Crippen LogP contribution is -2.03. The monoisotopic (exact) mass is 346 g/mol. The highest BCUT2D eigenvalue weighted by molar-refractivity contribution is 5.81. The van der Waals surface area contributed by atoms with Crippen LogP contribution in [0.2, 0.25) is 0 Å². The van der Waals surface area contributed by atoms with Crippen molar-refractivity contribution in [2.24, 2.45) is 0 Å². The summed E-state index contributed by atoms with van der Waals surface area (Å²) in [5, 5.41) is 11.0. The summed E-state index contributed by atoms with van der Waals surface area (Å²) in [5.41, 5.74) is 5.06. The Balaban J connectivity index is 1.71. The fourth-order valence-corrected chi connectivity index (χ4v) is 3.34.